The summed E-state index contributed by atoms with van der Waals surface area (Å²) < 4.78 is 17.0. The molecule has 1 fully saturated rings. The van der Waals surface area contributed by atoms with Crippen LogP contribution in [0.5, 0.6) is 11.5 Å². The van der Waals surface area contributed by atoms with E-state index in [2.05, 4.69) is 20.4 Å². The van der Waals surface area contributed by atoms with Gasteiger partial charge in [0.05, 0.1) is 11.8 Å². The van der Waals surface area contributed by atoms with Gasteiger partial charge in [0.25, 0.3) is 0 Å². The predicted octanol–water partition coefficient (Wildman–Crippen LogP) is 10.4. The molecule has 2 aromatic carbocycles. The molecule has 0 bridgehead atoms. The Balaban J connectivity index is 1.41. The molecule has 1 aliphatic rings. The molecule has 1 atom stereocenters. The lowest BCUT2D eigenvalue weighted by molar-refractivity contribution is -0.145. The molecular formula is C40H56O6. The Morgan fingerprint density at radius 2 is 1.13 bits per heavy atom. The summed E-state index contributed by atoms with van der Waals surface area (Å²) in [5.74, 6) is -0.367. The number of benzene rings is 2. The third-order valence-electron chi connectivity index (χ3n) is 9.07. The normalized spacial score (nSPS) is 16.7. The maximum Gasteiger partial charge on any atom is 0.330 e. The summed E-state index contributed by atoms with van der Waals surface area (Å²) >= 11 is 0. The van der Waals surface area contributed by atoms with Crippen molar-refractivity contribution in [3.05, 3.63) is 72.3 Å². The highest BCUT2D eigenvalue weighted by Gasteiger charge is 2.32. The average Bonchev–Trinajstić information content (AvgIpc) is 3.08. The second-order valence-corrected chi connectivity index (χ2v) is 12.8. The molecule has 6 heteroatoms. The van der Waals surface area contributed by atoms with Crippen LogP contribution in [0.2, 0.25) is 0 Å². The Kier molecular flexibility index (Phi) is 17.2. The van der Waals surface area contributed by atoms with Crippen molar-refractivity contribution in [1.29, 1.82) is 0 Å². The topological polar surface area (TPSA) is 78.9 Å². The molecule has 0 saturated heterocycles. The first-order valence-corrected chi connectivity index (χ1v) is 17.9. The van der Waals surface area contributed by atoms with Gasteiger partial charge in [0.1, 0.15) is 17.6 Å². The lowest BCUT2D eigenvalue weighted by Crippen LogP contribution is -2.30. The SMILES string of the molecule is C=CC(=O)OC(CCCCCCCCCC)c1ccc(OC(=O)C2CCC(C(=O)Oc3ccc(CCCCCC)cc3)CC2)cc1. The first-order chi connectivity index (χ1) is 22.4. The number of unbranched alkanes of at least 4 members (excludes halogenated alkanes) is 10. The third-order valence-corrected chi connectivity index (χ3v) is 9.07. The number of carbonyl (C=O) groups excluding carboxylic acids is 3. The summed E-state index contributed by atoms with van der Waals surface area (Å²) in [4.78, 5) is 37.8. The monoisotopic (exact) mass is 632 g/mol. The van der Waals surface area contributed by atoms with Crippen molar-refractivity contribution < 1.29 is 28.6 Å². The van der Waals surface area contributed by atoms with Crippen LogP contribution in [0.1, 0.15) is 140 Å². The van der Waals surface area contributed by atoms with Crippen molar-refractivity contribution in [2.24, 2.45) is 11.8 Å². The largest absolute Gasteiger partial charge is 0.454 e. The van der Waals surface area contributed by atoms with Crippen LogP contribution in [0.4, 0.5) is 0 Å². The van der Waals surface area contributed by atoms with Gasteiger partial charge in [-0.25, -0.2) is 4.79 Å². The molecule has 0 N–H and O–H groups in total. The summed E-state index contributed by atoms with van der Waals surface area (Å²) in [6.45, 7) is 7.97. The minimum absolute atomic E-state index is 0.215. The van der Waals surface area contributed by atoms with Crippen LogP contribution in [0.3, 0.4) is 0 Å². The molecule has 0 aliphatic heterocycles. The van der Waals surface area contributed by atoms with Gasteiger partial charge >= 0.3 is 17.9 Å². The van der Waals surface area contributed by atoms with Crippen molar-refractivity contribution >= 4 is 17.9 Å². The summed E-state index contributed by atoms with van der Waals surface area (Å²) in [5.41, 5.74) is 2.14. The Morgan fingerprint density at radius 3 is 1.63 bits per heavy atom. The van der Waals surface area contributed by atoms with E-state index in [4.69, 9.17) is 14.2 Å². The highest BCUT2D eigenvalue weighted by atomic mass is 16.5. The molecule has 1 saturated carbocycles. The molecule has 1 unspecified atom stereocenters. The van der Waals surface area contributed by atoms with Crippen LogP contribution in [0.25, 0.3) is 0 Å². The number of hydrogen-bond acceptors (Lipinski definition) is 6. The zero-order valence-electron chi connectivity index (χ0n) is 28.3. The quantitative estimate of drug-likeness (QED) is 0.0590. The molecule has 0 heterocycles. The van der Waals surface area contributed by atoms with Crippen LogP contribution in [-0.4, -0.2) is 17.9 Å². The number of ether oxygens (including phenoxy) is 3. The highest BCUT2D eigenvalue weighted by molar-refractivity contribution is 5.81. The minimum Gasteiger partial charge on any atom is -0.454 e. The van der Waals surface area contributed by atoms with Gasteiger partial charge in [-0.2, -0.15) is 0 Å². The van der Waals surface area contributed by atoms with Gasteiger partial charge in [-0.05, 0) is 86.8 Å². The number of aryl methyl sites for hydroxylation is 1. The van der Waals surface area contributed by atoms with Gasteiger partial charge in [-0.15, -0.1) is 0 Å². The summed E-state index contributed by atoms with van der Waals surface area (Å²) in [6, 6.07) is 15.1. The Bertz CT molecular complexity index is 1180. The molecule has 0 radical (unpaired) electrons. The standard InChI is InChI=1S/C40H56O6/c1-4-7-9-11-12-13-14-16-18-37(46-38(41)6-3)32-25-29-36(30-26-32)45-40(43)34-23-21-33(22-24-34)39(42)44-35-27-19-31(20-28-35)17-15-10-8-5-2/h6,19-20,25-30,33-34,37H,3-5,7-18,21-24H2,1-2H3. The van der Waals surface area contributed by atoms with E-state index in [1.165, 1.54) is 75.8 Å². The second kappa shape index (κ2) is 21.4. The highest BCUT2D eigenvalue weighted by Crippen LogP contribution is 2.32. The zero-order valence-corrected chi connectivity index (χ0v) is 28.3. The van der Waals surface area contributed by atoms with Gasteiger partial charge in [0.15, 0.2) is 0 Å². The molecule has 0 spiro atoms. The van der Waals surface area contributed by atoms with Crippen LogP contribution >= 0.6 is 0 Å². The third kappa shape index (κ3) is 13.5. The van der Waals surface area contributed by atoms with E-state index in [0.29, 0.717) is 37.2 Å². The van der Waals surface area contributed by atoms with Gasteiger partial charge in [-0.1, -0.05) is 109 Å². The van der Waals surface area contributed by atoms with Crippen LogP contribution in [0, 0.1) is 11.8 Å². The maximum atomic E-state index is 12.9. The van der Waals surface area contributed by atoms with E-state index in [9.17, 15) is 14.4 Å². The Labute approximate surface area is 277 Å². The molecule has 46 heavy (non-hydrogen) atoms. The fourth-order valence-corrected chi connectivity index (χ4v) is 6.14. The number of carbonyl (C=O) groups is 3. The van der Waals surface area contributed by atoms with Gasteiger partial charge in [0.2, 0.25) is 0 Å². The first kappa shape index (κ1) is 37.1. The lowest BCUT2D eigenvalue weighted by atomic mass is 9.82. The molecule has 2 aromatic rings. The Morgan fingerprint density at radius 1 is 0.674 bits per heavy atom. The molecule has 6 nitrogen and oxygen atoms in total. The van der Waals surface area contributed by atoms with E-state index in [1.807, 2.05) is 36.4 Å². The number of rotatable bonds is 21. The molecule has 0 aromatic heterocycles. The van der Waals surface area contributed by atoms with Crippen LogP contribution in [-0.2, 0) is 25.5 Å². The minimum atomic E-state index is -0.439. The second-order valence-electron chi connectivity index (χ2n) is 12.8. The van der Waals surface area contributed by atoms with E-state index >= 15 is 0 Å². The molecule has 3 rings (SSSR count). The van der Waals surface area contributed by atoms with Gasteiger partial charge < -0.3 is 14.2 Å². The van der Waals surface area contributed by atoms with Gasteiger partial charge in [-0.3, -0.25) is 9.59 Å². The maximum absolute atomic E-state index is 12.9. The summed E-state index contributed by atoms with van der Waals surface area (Å²) in [5, 5.41) is 0. The molecule has 1 aliphatic carbocycles. The first-order valence-electron chi connectivity index (χ1n) is 17.9. The average molecular weight is 633 g/mol. The van der Waals surface area contributed by atoms with Crippen molar-refractivity contribution in [2.75, 3.05) is 0 Å². The summed E-state index contributed by atoms with van der Waals surface area (Å²) in [7, 11) is 0. The van der Waals surface area contributed by atoms with Crippen molar-refractivity contribution in [2.45, 2.75) is 136 Å². The van der Waals surface area contributed by atoms with Crippen molar-refractivity contribution in [3.8, 4) is 11.5 Å². The van der Waals surface area contributed by atoms with Crippen molar-refractivity contribution in [3.63, 3.8) is 0 Å². The van der Waals surface area contributed by atoms with Gasteiger partial charge in [0, 0.05) is 6.08 Å². The van der Waals surface area contributed by atoms with Crippen LogP contribution in [0.15, 0.2) is 61.2 Å². The van der Waals surface area contributed by atoms with Crippen molar-refractivity contribution in [1.82, 2.24) is 0 Å². The fraction of sp³-hybridized carbons (Fsp3) is 0.575. The lowest BCUT2D eigenvalue weighted by Gasteiger charge is -2.26. The molecule has 252 valence electrons. The van der Waals surface area contributed by atoms with E-state index in [0.717, 1.165) is 31.2 Å². The zero-order chi connectivity index (χ0) is 33.0. The summed E-state index contributed by atoms with van der Waals surface area (Å²) in [6.07, 6.45) is 19.6. The Hall–Kier alpha value is -3.41. The van der Waals surface area contributed by atoms with Crippen LogP contribution < -0.4 is 9.47 Å². The molecular weight excluding hydrogens is 576 g/mol. The smallest absolute Gasteiger partial charge is 0.330 e. The van der Waals surface area contributed by atoms with E-state index in [1.54, 1.807) is 12.1 Å². The molecule has 0 amide bonds. The fourth-order valence-electron chi connectivity index (χ4n) is 6.14. The number of esters is 3. The van der Waals surface area contributed by atoms with E-state index in [-0.39, 0.29) is 29.9 Å². The predicted molar refractivity (Wildman–Crippen MR) is 184 cm³/mol. The van der Waals surface area contributed by atoms with E-state index < -0.39 is 5.97 Å². The number of hydrogen-bond donors (Lipinski definition) is 0.